The molecule has 0 spiro atoms. The van der Waals surface area contributed by atoms with Crippen LogP contribution < -0.4 is 4.90 Å². The van der Waals surface area contributed by atoms with Gasteiger partial charge in [-0.15, -0.1) is 0 Å². The summed E-state index contributed by atoms with van der Waals surface area (Å²) in [6.07, 6.45) is 0.580. The van der Waals surface area contributed by atoms with Gasteiger partial charge in [-0.05, 0) is 19.3 Å². The maximum atomic E-state index is 9.67. The van der Waals surface area contributed by atoms with Gasteiger partial charge < -0.3 is 10.0 Å². The van der Waals surface area contributed by atoms with Gasteiger partial charge in [-0.2, -0.15) is 0 Å². The van der Waals surface area contributed by atoms with Crippen LogP contribution in [-0.4, -0.2) is 34.3 Å². The van der Waals surface area contributed by atoms with Gasteiger partial charge in [0, 0.05) is 19.2 Å². The fraction of sp³-hybridized carbons (Fsp3) is 0.636. The predicted molar refractivity (Wildman–Crippen MR) is 63.8 cm³/mol. The van der Waals surface area contributed by atoms with Gasteiger partial charge in [0.2, 0.25) is 0 Å². The first kappa shape index (κ1) is 11.6. The molecule has 2 heterocycles. The molecule has 1 aromatic heterocycles. The molecule has 1 aromatic rings. The van der Waals surface area contributed by atoms with Crippen LogP contribution in [0, 0.1) is 12.8 Å². The van der Waals surface area contributed by atoms with Crippen LogP contribution >= 0.6 is 11.6 Å². The highest BCUT2D eigenvalue weighted by Crippen LogP contribution is 2.23. The monoisotopic (exact) mass is 241 g/mol. The Morgan fingerprint density at radius 3 is 2.88 bits per heavy atom. The van der Waals surface area contributed by atoms with E-state index in [1.54, 1.807) is 6.07 Å². The van der Waals surface area contributed by atoms with E-state index in [0.717, 1.165) is 25.3 Å². The number of halogens is 1. The van der Waals surface area contributed by atoms with Crippen molar-refractivity contribution in [2.24, 2.45) is 5.92 Å². The lowest BCUT2D eigenvalue weighted by Gasteiger charge is -2.35. The van der Waals surface area contributed by atoms with Gasteiger partial charge in [-0.3, -0.25) is 0 Å². The Balaban J connectivity index is 2.18. The second-order valence-electron chi connectivity index (χ2n) is 4.38. The first-order chi connectivity index (χ1) is 7.56. The van der Waals surface area contributed by atoms with E-state index in [0.29, 0.717) is 11.0 Å². The van der Waals surface area contributed by atoms with Gasteiger partial charge >= 0.3 is 0 Å². The molecule has 2 unspecified atom stereocenters. The largest absolute Gasteiger partial charge is 0.393 e. The molecule has 0 amide bonds. The lowest BCUT2D eigenvalue weighted by Crippen LogP contribution is -2.42. The Labute approximate surface area is 100 Å². The number of aliphatic hydroxyl groups is 1. The molecule has 2 rings (SSSR count). The molecule has 1 N–H and O–H groups in total. The van der Waals surface area contributed by atoms with E-state index < -0.39 is 0 Å². The molecule has 0 bridgehead atoms. The fourth-order valence-electron chi connectivity index (χ4n) is 2.02. The van der Waals surface area contributed by atoms with E-state index in [4.69, 9.17) is 11.6 Å². The minimum atomic E-state index is -0.199. The number of nitrogens with zero attached hydrogens (tertiary/aromatic N) is 3. The van der Waals surface area contributed by atoms with Gasteiger partial charge in [0.05, 0.1) is 6.10 Å². The van der Waals surface area contributed by atoms with Gasteiger partial charge in [0.1, 0.15) is 16.8 Å². The number of rotatable bonds is 1. The summed E-state index contributed by atoms with van der Waals surface area (Å²) in [7, 11) is 0. The summed E-state index contributed by atoms with van der Waals surface area (Å²) in [6, 6.07) is 1.78. The van der Waals surface area contributed by atoms with Crippen LogP contribution in [0.4, 0.5) is 5.82 Å². The van der Waals surface area contributed by atoms with Crippen molar-refractivity contribution in [2.75, 3.05) is 18.0 Å². The molecule has 0 aromatic carbocycles. The molecule has 1 aliphatic heterocycles. The Morgan fingerprint density at radius 2 is 2.25 bits per heavy atom. The number of hydrogen-bond acceptors (Lipinski definition) is 4. The van der Waals surface area contributed by atoms with Gasteiger partial charge in [0.25, 0.3) is 0 Å². The lowest BCUT2D eigenvalue weighted by atomic mass is 9.97. The SMILES string of the molecule is Cc1nc(Cl)cc(N2CCC(O)C(C)C2)n1. The van der Waals surface area contributed by atoms with Crippen LogP contribution in [0.25, 0.3) is 0 Å². The molecule has 4 nitrogen and oxygen atoms in total. The summed E-state index contributed by atoms with van der Waals surface area (Å²) < 4.78 is 0. The van der Waals surface area contributed by atoms with Gasteiger partial charge in [-0.1, -0.05) is 18.5 Å². The number of aromatic nitrogens is 2. The average molecular weight is 242 g/mol. The lowest BCUT2D eigenvalue weighted by molar-refractivity contribution is 0.0969. The average Bonchev–Trinajstić information content (AvgIpc) is 2.20. The second kappa shape index (κ2) is 4.55. The number of aryl methyl sites for hydroxylation is 1. The van der Waals surface area contributed by atoms with Crippen LogP contribution in [0.5, 0.6) is 0 Å². The second-order valence-corrected chi connectivity index (χ2v) is 4.76. The molecule has 0 radical (unpaired) electrons. The molecule has 1 fully saturated rings. The predicted octanol–water partition coefficient (Wildman–Crippen LogP) is 1.65. The van der Waals surface area contributed by atoms with Crippen molar-refractivity contribution in [2.45, 2.75) is 26.4 Å². The summed E-state index contributed by atoms with van der Waals surface area (Å²) >= 11 is 5.91. The topological polar surface area (TPSA) is 49.2 Å². The Bertz CT molecular complexity index is 365. The van der Waals surface area contributed by atoms with Crippen molar-refractivity contribution in [1.29, 1.82) is 0 Å². The van der Waals surface area contributed by atoms with Crippen molar-refractivity contribution in [1.82, 2.24) is 9.97 Å². The van der Waals surface area contributed by atoms with Crippen molar-refractivity contribution in [3.8, 4) is 0 Å². The Kier molecular flexibility index (Phi) is 3.30. The fourth-order valence-corrected chi connectivity index (χ4v) is 2.24. The molecule has 5 heteroatoms. The van der Waals surface area contributed by atoms with Crippen LogP contribution in [0.3, 0.4) is 0 Å². The zero-order chi connectivity index (χ0) is 11.7. The van der Waals surface area contributed by atoms with Crippen LogP contribution in [-0.2, 0) is 0 Å². The zero-order valence-electron chi connectivity index (χ0n) is 9.52. The van der Waals surface area contributed by atoms with E-state index >= 15 is 0 Å². The smallest absolute Gasteiger partial charge is 0.134 e. The van der Waals surface area contributed by atoms with Crippen LogP contribution in [0.1, 0.15) is 19.2 Å². The first-order valence-electron chi connectivity index (χ1n) is 5.50. The Hall–Kier alpha value is -0.870. The number of anilines is 1. The van der Waals surface area contributed by atoms with E-state index in [9.17, 15) is 5.11 Å². The number of piperidine rings is 1. The molecule has 2 atom stereocenters. The summed E-state index contributed by atoms with van der Waals surface area (Å²) in [5, 5.41) is 10.1. The minimum absolute atomic E-state index is 0.199. The summed E-state index contributed by atoms with van der Waals surface area (Å²) in [5.74, 6) is 1.81. The van der Waals surface area contributed by atoms with Gasteiger partial charge in [-0.25, -0.2) is 9.97 Å². The molecule has 16 heavy (non-hydrogen) atoms. The summed E-state index contributed by atoms with van der Waals surface area (Å²) in [5.41, 5.74) is 0. The minimum Gasteiger partial charge on any atom is -0.393 e. The quantitative estimate of drug-likeness (QED) is 0.760. The van der Waals surface area contributed by atoms with Crippen molar-refractivity contribution >= 4 is 17.4 Å². The van der Waals surface area contributed by atoms with E-state index in [-0.39, 0.29) is 12.0 Å². The molecule has 88 valence electrons. The molecular formula is C11H16ClN3O. The molecule has 0 aliphatic carbocycles. The summed E-state index contributed by atoms with van der Waals surface area (Å²) in [6.45, 7) is 5.51. The van der Waals surface area contributed by atoms with E-state index in [2.05, 4.69) is 14.9 Å². The zero-order valence-corrected chi connectivity index (χ0v) is 10.3. The number of hydrogen-bond donors (Lipinski definition) is 1. The van der Waals surface area contributed by atoms with Gasteiger partial charge in [0.15, 0.2) is 0 Å². The highest BCUT2D eigenvalue weighted by Gasteiger charge is 2.25. The van der Waals surface area contributed by atoms with Crippen LogP contribution in [0.15, 0.2) is 6.07 Å². The highest BCUT2D eigenvalue weighted by molar-refractivity contribution is 6.29. The molecule has 1 aliphatic rings. The maximum absolute atomic E-state index is 9.67. The maximum Gasteiger partial charge on any atom is 0.134 e. The van der Waals surface area contributed by atoms with Crippen molar-refractivity contribution in [3.05, 3.63) is 17.0 Å². The Morgan fingerprint density at radius 1 is 1.50 bits per heavy atom. The molecular weight excluding hydrogens is 226 g/mol. The van der Waals surface area contributed by atoms with Crippen molar-refractivity contribution < 1.29 is 5.11 Å². The third-order valence-corrected chi connectivity index (χ3v) is 3.17. The number of aliphatic hydroxyl groups excluding tert-OH is 1. The first-order valence-corrected chi connectivity index (χ1v) is 5.88. The van der Waals surface area contributed by atoms with E-state index in [1.807, 2.05) is 13.8 Å². The standard InChI is InChI=1S/C11H16ClN3O/c1-7-6-15(4-3-9(7)16)11-5-10(12)13-8(2)14-11/h5,7,9,16H,3-4,6H2,1-2H3. The van der Waals surface area contributed by atoms with E-state index in [1.165, 1.54) is 0 Å². The normalized spacial score (nSPS) is 25.9. The van der Waals surface area contributed by atoms with Crippen molar-refractivity contribution in [3.63, 3.8) is 0 Å². The summed E-state index contributed by atoms with van der Waals surface area (Å²) in [4.78, 5) is 10.6. The molecule has 0 saturated carbocycles. The molecule has 1 saturated heterocycles. The third kappa shape index (κ3) is 2.44. The highest BCUT2D eigenvalue weighted by atomic mass is 35.5. The third-order valence-electron chi connectivity index (χ3n) is 2.98. The van der Waals surface area contributed by atoms with Crippen LogP contribution in [0.2, 0.25) is 5.15 Å².